The van der Waals surface area contributed by atoms with Crippen LogP contribution in [0.25, 0.3) is 11.3 Å². The lowest BCUT2D eigenvalue weighted by Crippen LogP contribution is -2.01. The Bertz CT molecular complexity index is 554. The number of rotatable bonds is 7. The smallest absolute Gasteiger partial charge is 0.149 e. The molecule has 1 unspecified atom stereocenters. The highest BCUT2D eigenvalue weighted by atomic mass is 35.5. The molecule has 1 heterocycles. The quantitative estimate of drug-likeness (QED) is 0.598. The average Bonchev–Trinajstić information content (AvgIpc) is 2.52. The minimum Gasteiger partial charge on any atom is -0.149 e. The zero-order valence-electron chi connectivity index (χ0n) is 12.8. The van der Waals surface area contributed by atoms with Crippen molar-refractivity contribution in [2.45, 2.75) is 51.9 Å². The van der Waals surface area contributed by atoms with E-state index in [1.807, 2.05) is 24.3 Å². The van der Waals surface area contributed by atoms with Gasteiger partial charge in [0.1, 0.15) is 0 Å². The summed E-state index contributed by atoms with van der Waals surface area (Å²) in [4.78, 5) is 0. The maximum Gasteiger partial charge on any atom is 0.152 e. The van der Waals surface area contributed by atoms with Crippen molar-refractivity contribution in [3.63, 3.8) is 0 Å². The Morgan fingerprint density at radius 1 is 1.05 bits per heavy atom. The molecule has 0 aliphatic rings. The fourth-order valence-corrected chi connectivity index (χ4v) is 2.77. The summed E-state index contributed by atoms with van der Waals surface area (Å²) in [6.07, 6.45) is 6.30. The summed E-state index contributed by atoms with van der Waals surface area (Å²) in [6.45, 7) is 4.50. The summed E-state index contributed by atoms with van der Waals surface area (Å²) >= 11 is 6.06. The van der Waals surface area contributed by atoms with Gasteiger partial charge < -0.3 is 0 Å². The van der Waals surface area contributed by atoms with Crippen molar-refractivity contribution < 1.29 is 0 Å². The molecule has 1 aromatic carbocycles. The number of hydrogen-bond donors (Lipinski definition) is 0. The first-order chi connectivity index (χ1) is 10.2. The van der Waals surface area contributed by atoms with Crippen molar-refractivity contribution in [1.82, 2.24) is 10.2 Å². The molecule has 1 aromatic heterocycles. The van der Waals surface area contributed by atoms with Crippen LogP contribution in [0.3, 0.4) is 0 Å². The van der Waals surface area contributed by atoms with Gasteiger partial charge in [-0.25, -0.2) is 0 Å². The Morgan fingerprint density at radius 3 is 2.52 bits per heavy atom. The molecule has 0 fully saturated rings. The van der Waals surface area contributed by atoms with Gasteiger partial charge in [-0.05, 0) is 24.0 Å². The highest BCUT2D eigenvalue weighted by Crippen LogP contribution is 2.31. The number of nitrogens with zero attached hydrogens (tertiary/aromatic N) is 2. The molecule has 2 nitrogen and oxygen atoms in total. The molecule has 3 heteroatoms. The van der Waals surface area contributed by atoms with E-state index in [-0.39, 0.29) is 0 Å². The molecule has 0 bridgehead atoms. The van der Waals surface area contributed by atoms with Crippen LogP contribution in [-0.4, -0.2) is 10.2 Å². The summed E-state index contributed by atoms with van der Waals surface area (Å²) < 4.78 is 0. The topological polar surface area (TPSA) is 25.8 Å². The predicted octanol–water partition coefficient (Wildman–Crippen LogP) is 5.87. The second-order valence-corrected chi connectivity index (χ2v) is 5.97. The van der Waals surface area contributed by atoms with E-state index in [4.69, 9.17) is 11.6 Å². The van der Waals surface area contributed by atoms with Gasteiger partial charge in [-0.3, -0.25) is 0 Å². The highest BCUT2D eigenvalue weighted by molar-refractivity contribution is 6.29. The van der Waals surface area contributed by atoms with E-state index in [0.29, 0.717) is 11.1 Å². The summed E-state index contributed by atoms with van der Waals surface area (Å²) in [5, 5.41) is 8.83. The molecule has 0 saturated heterocycles. The van der Waals surface area contributed by atoms with Crippen LogP contribution in [0.15, 0.2) is 36.4 Å². The van der Waals surface area contributed by atoms with Crippen LogP contribution >= 0.6 is 11.6 Å². The van der Waals surface area contributed by atoms with Gasteiger partial charge in [0, 0.05) is 5.56 Å². The van der Waals surface area contributed by atoms with Gasteiger partial charge in [-0.15, -0.1) is 10.2 Å². The maximum absolute atomic E-state index is 6.06. The zero-order chi connectivity index (χ0) is 15.1. The van der Waals surface area contributed by atoms with Crippen LogP contribution in [-0.2, 0) is 0 Å². The number of unbranched alkanes of at least 4 members (excludes halogenated alkanes) is 3. The lowest BCUT2D eigenvalue weighted by molar-refractivity contribution is 0.579. The molecule has 2 rings (SSSR count). The molecule has 0 N–H and O–H groups in total. The van der Waals surface area contributed by atoms with Crippen LogP contribution < -0.4 is 0 Å². The fourth-order valence-electron chi connectivity index (χ4n) is 2.61. The lowest BCUT2D eigenvalue weighted by Gasteiger charge is -2.15. The Kier molecular flexibility index (Phi) is 6.19. The predicted molar refractivity (Wildman–Crippen MR) is 89.7 cm³/mol. The van der Waals surface area contributed by atoms with Crippen molar-refractivity contribution in [3.05, 3.63) is 47.1 Å². The van der Waals surface area contributed by atoms with Crippen LogP contribution in [0.5, 0.6) is 0 Å². The van der Waals surface area contributed by atoms with Gasteiger partial charge in [0.25, 0.3) is 0 Å². The molecule has 0 saturated carbocycles. The largest absolute Gasteiger partial charge is 0.152 e. The second-order valence-electron chi connectivity index (χ2n) is 5.59. The highest BCUT2D eigenvalue weighted by Gasteiger charge is 2.14. The van der Waals surface area contributed by atoms with Crippen molar-refractivity contribution in [1.29, 1.82) is 0 Å². The number of halogens is 1. The Balaban J connectivity index is 2.19. The van der Waals surface area contributed by atoms with Crippen LogP contribution in [0, 0.1) is 0 Å². The van der Waals surface area contributed by atoms with Crippen molar-refractivity contribution in [2.75, 3.05) is 0 Å². The Labute approximate surface area is 132 Å². The molecule has 0 spiro atoms. The van der Waals surface area contributed by atoms with E-state index in [1.54, 1.807) is 0 Å². The fraction of sp³-hybridized carbons (Fsp3) is 0.444. The monoisotopic (exact) mass is 302 g/mol. The molecule has 0 aliphatic carbocycles. The van der Waals surface area contributed by atoms with Gasteiger partial charge in [-0.1, -0.05) is 81.5 Å². The molecule has 1 atom stereocenters. The molecule has 2 aromatic rings. The third kappa shape index (κ3) is 4.53. The lowest BCUT2D eigenvalue weighted by atomic mass is 9.92. The third-order valence-electron chi connectivity index (χ3n) is 3.86. The minimum absolute atomic E-state index is 0.449. The SMILES string of the molecule is CCCCCCC(C)c1cc(Cl)nnc1-c1ccccc1. The molecule has 0 aliphatic heterocycles. The number of hydrogen-bond acceptors (Lipinski definition) is 2. The van der Waals surface area contributed by atoms with Crippen molar-refractivity contribution >= 4 is 11.6 Å². The third-order valence-corrected chi connectivity index (χ3v) is 4.05. The van der Waals surface area contributed by atoms with Crippen LogP contribution in [0.4, 0.5) is 0 Å². The minimum atomic E-state index is 0.449. The van der Waals surface area contributed by atoms with E-state index in [9.17, 15) is 0 Å². The van der Waals surface area contributed by atoms with Gasteiger partial charge in [0.15, 0.2) is 5.15 Å². The normalized spacial score (nSPS) is 12.3. The van der Waals surface area contributed by atoms with Crippen LogP contribution in [0.1, 0.15) is 57.4 Å². The molecular weight excluding hydrogens is 280 g/mol. The van der Waals surface area contributed by atoms with Gasteiger partial charge in [0.2, 0.25) is 0 Å². The first kappa shape index (κ1) is 16.0. The van der Waals surface area contributed by atoms with E-state index < -0.39 is 0 Å². The molecule has 0 amide bonds. The van der Waals surface area contributed by atoms with E-state index in [1.165, 1.54) is 37.7 Å². The summed E-state index contributed by atoms with van der Waals surface area (Å²) in [5.74, 6) is 0.449. The van der Waals surface area contributed by atoms with Gasteiger partial charge in [0.05, 0.1) is 5.69 Å². The summed E-state index contributed by atoms with van der Waals surface area (Å²) in [6, 6.07) is 12.2. The Hall–Kier alpha value is -1.41. The van der Waals surface area contributed by atoms with Crippen molar-refractivity contribution in [2.24, 2.45) is 0 Å². The summed E-state index contributed by atoms with van der Waals surface area (Å²) in [7, 11) is 0. The van der Waals surface area contributed by atoms with E-state index in [0.717, 1.165) is 11.3 Å². The van der Waals surface area contributed by atoms with Crippen molar-refractivity contribution in [3.8, 4) is 11.3 Å². The summed E-state index contributed by atoms with van der Waals surface area (Å²) in [5.41, 5.74) is 3.28. The molecule has 21 heavy (non-hydrogen) atoms. The van der Waals surface area contributed by atoms with Gasteiger partial charge in [-0.2, -0.15) is 0 Å². The molecular formula is C18H23ClN2. The zero-order valence-corrected chi connectivity index (χ0v) is 13.6. The first-order valence-corrected chi connectivity index (χ1v) is 8.18. The number of benzene rings is 1. The average molecular weight is 303 g/mol. The second kappa shape index (κ2) is 8.14. The van der Waals surface area contributed by atoms with E-state index in [2.05, 4.69) is 36.2 Å². The Morgan fingerprint density at radius 2 is 1.81 bits per heavy atom. The van der Waals surface area contributed by atoms with E-state index >= 15 is 0 Å². The number of aromatic nitrogens is 2. The molecule has 0 radical (unpaired) electrons. The standard InChI is InChI=1S/C18H23ClN2/c1-3-4-5-7-10-14(2)16-13-17(19)20-21-18(16)15-11-8-6-9-12-15/h6,8-9,11-14H,3-5,7,10H2,1-2H3. The first-order valence-electron chi connectivity index (χ1n) is 7.81. The maximum atomic E-state index is 6.06. The van der Waals surface area contributed by atoms with Crippen LogP contribution in [0.2, 0.25) is 5.15 Å². The van der Waals surface area contributed by atoms with Gasteiger partial charge >= 0.3 is 0 Å². The molecule has 112 valence electrons.